The van der Waals surface area contributed by atoms with Gasteiger partial charge in [0.25, 0.3) is 0 Å². The molecular formula is C15H24N2O2S. The van der Waals surface area contributed by atoms with Crippen LogP contribution in [0.4, 0.5) is 0 Å². The first-order valence-electron chi connectivity index (χ1n) is 7.18. The van der Waals surface area contributed by atoms with Gasteiger partial charge in [0.2, 0.25) is 0 Å². The van der Waals surface area contributed by atoms with Gasteiger partial charge in [-0.2, -0.15) is 0 Å². The van der Waals surface area contributed by atoms with E-state index in [2.05, 4.69) is 10.2 Å². The highest BCUT2D eigenvalue weighted by Gasteiger charge is 2.15. The minimum absolute atomic E-state index is 0.310. The Morgan fingerprint density at radius 2 is 1.95 bits per heavy atom. The van der Waals surface area contributed by atoms with Gasteiger partial charge >= 0.3 is 0 Å². The second-order valence-electron chi connectivity index (χ2n) is 5.39. The SMILES string of the molecule is CS(=O)c1ccc(CNCC(O)CN2CCCC2)cc1. The molecular weight excluding hydrogens is 272 g/mol. The van der Waals surface area contributed by atoms with E-state index in [-0.39, 0.29) is 6.10 Å². The van der Waals surface area contributed by atoms with Crippen molar-refractivity contribution < 1.29 is 9.32 Å². The van der Waals surface area contributed by atoms with Gasteiger partial charge in [0.15, 0.2) is 0 Å². The van der Waals surface area contributed by atoms with E-state index in [0.717, 1.165) is 36.6 Å². The van der Waals surface area contributed by atoms with E-state index in [4.69, 9.17) is 0 Å². The zero-order valence-electron chi connectivity index (χ0n) is 12.0. The van der Waals surface area contributed by atoms with Crippen molar-refractivity contribution >= 4 is 10.8 Å². The number of hydrogen-bond acceptors (Lipinski definition) is 4. The first-order chi connectivity index (χ1) is 9.65. The van der Waals surface area contributed by atoms with Crippen LogP contribution in [0.2, 0.25) is 0 Å². The first kappa shape index (κ1) is 15.6. The Labute approximate surface area is 123 Å². The Hall–Kier alpha value is -0.750. The van der Waals surface area contributed by atoms with Gasteiger partial charge in [0.1, 0.15) is 0 Å². The van der Waals surface area contributed by atoms with Crippen LogP contribution in [0.5, 0.6) is 0 Å². The molecule has 4 nitrogen and oxygen atoms in total. The molecule has 2 unspecified atom stereocenters. The highest BCUT2D eigenvalue weighted by Crippen LogP contribution is 2.08. The highest BCUT2D eigenvalue weighted by atomic mass is 32.2. The Kier molecular flexibility index (Phi) is 6.16. The molecule has 0 radical (unpaired) electrons. The van der Waals surface area contributed by atoms with E-state index in [1.54, 1.807) is 6.26 Å². The summed E-state index contributed by atoms with van der Waals surface area (Å²) in [5.41, 5.74) is 1.15. The Balaban J connectivity index is 1.68. The van der Waals surface area contributed by atoms with Crippen LogP contribution in [0, 0.1) is 0 Å². The maximum absolute atomic E-state index is 11.3. The maximum atomic E-state index is 11.3. The van der Waals surface area contributed by atoms with E-state index in [1.165, 1.54) is 12.8 Å². The summed E-state index contributed by atoms with van der Waals surface area (Å²) in [7, 11) is -0.919. The summed E-state index contributed by atoms with van der Waals surface area (Å²) in [5.74, 6) is 0. The van der Waals surface area contributed by atoms with Crippen molar-refractivity contribution in [3.8, 4) is 0 Å². The van der Waals surface area contributed by atoms with E-state index in [9.17, 15) is 9.32 Å². The van der Waals surface area contributed by atoms with E-state index < -0.39 is 10.8 Å². The summed E-state index contributed by atoms with van der Waals surface area (Å²) in [5, 5.41) is 13.2. The van der Waals surface area contributed by atoms with E-state index in [0.29, 0.717) is 6.54 Å². The number of aliphatic hydroxyl groups excluding tert-OH is 1. The molecule has 1 fully saturated rings. The van der Waals surface area contributed by atoms with Crippen LogP contribution in [0.15, 0.2) is 29.2 Å². The predicted molar refractivity (Wildman–Crippen MR) is 82.2 cm³/mol. The van der Waals surface area contributed by atoms with Crippen molar-refractivity contribution in [1.82, 2.24) is 10.2 Å². The van der Waals surface area contributed by atoms with Crippen LogP contribution < -0.4 is 5.32 Å². The van der Waals surface area contributed by atoms with E-state index in [1.807, 2.05) is 24.3 Å². The molecule has 1 saturated heterocycles. The van der Waals surface area contributed by atoms with Gasteiger partial charge in [-0.3, -0.25) is 4.21 Å². The Bertz CT molecular complexity index is 430. The van der Waals surface area contributed by atoms with Gasteiger partial charge in [-0.15, -0.1) is 0 Å². The molecule has 0 spiro atoms. The molecule has 0 amide bonds. The second kappa shape index (κ2) is 7.88. The fourth-order valence-corrected chi connectivity index (χ4v) is 3.03. The summed E-state index contributed by atoms with van der Waals surface area (Å²) in [4.78, 5) is 3.17. The number of aliphatic hydroxyl groups is 1. The molecule has 0 bridgehead atoms. The van der Waals surface area contributed by atoms with Gasteiger partial charge in [-0.25, -0.2) is 0 Å². The fraction of sp³-hybridized carbons (Fsp3) is 0.600. The molecule has 112 valence electrons. The van der Waals surface area contributed by atoms with Gasteiger partial charge in [0.05, 0.1) is 6.10 Å². The third kappa shape index (κ3) is 4.98. The highest BCUT2D eigenvalue weighted by molar-refractivity contribution is 7.84. The van der Waals surface area contributed by atoms with Crippen LogP contribution in [-0.2, 0) is 17.3 Å². The average molecular weight is 296 g/mol. The normalized spacial score (nSPS) is 19.1. The Morgan fingerprint density at radius 1 is 1.30 bits per heavy atom. The monoisotopic (exact) mass is 296 g/mol. The summed E-state index contributed by atoms with van der Waals surface area (Å²) >= 11 is 0. The molecule has 0 saturated carbocycles. The summed E-state index contributed by atoms with van der Waals surface area (Å²) in [6.07, 6.45) is 3.88. The van der Waals surface area contributed by atoms with Crippen LogP contribution in [-0.4, -0.2) is 52.8 Å². The quantitative estimate of drug-likeness (QED) is 0.787. The topological polar surface area (TPSA) is 52.6 Å². The molecule has 0 aromatic heterocycles. The third-order valence-electron chi connectivity index (χ3n) is 3.63. The molecule has 1 aromatic rings. The smallest absolute Gasteiger partial charge is 0.0791 e. The number of nitrogens with one attached hydrogen (secondary N) is 1. The van der Waals surface area contributed by atoms with Crippen LogP contribution >= 0.6 is 0 Å². The van der Waals surface area contributed by atoms with Crippen molar-refractivity contribution in [3.05, 3.63) is 29.8 Å². The second-order valence-corrected chi connectivity index (χ2v) is 6.77. The largest absolute Gasteiger partial charge is 0.390 e. The molecule has 2 rings (SSSR count). The van der Waals surface area contributed by atoms with Crippen molar-refractivity contribution in [2.75, 3.05) is 32.4 Å². The van der Waals surface area contributed by atoms with Crippen LogP contribution in [0.3, 0.4) is 0 Å². The van der Waals surface area contributed by atoms with Crippen LogP contribution in [0.1, 0.15) is 18.4 Å². The molecule has 1 aromatic carbocycles. The molecule has 0 aliphatic carbocycles. The Morgan fingerprint density at radius 3 is 2.55 bits per heavy atom. The fourth-order valence-electron chi connectivity index (χ4n) is 2.51. The van der Waals surface area contributed by atoms with Gasteiger partial charge in [-0.05, 0) is 43.6 Å². The molecule has 2 atom stereocenters. The van der Waals surface area contributed by atoms with Gasteiger partial charge in [0, 0.05) is 41.6 Å². The number of β-amino-alcohol motifs (C(OH)–C–C–N with tert-alkyl or cyclic N) is 1. The lowest BCUT2D eigenvalue weighted by molar-refractivity contribution is 0.123. The average Bonchev–Trinajstić information content (AvgIpc) is 2.92. The molecule has 5 heteroatoms. The lowest BCUT2D eigenvalue weighted by atomic mass is 10.2. The third-order valence-corrected chi connectivity index (χ3v) is 4.57. The van der Waals surface area contributed by atoms with Crippen molar-refractivity contribution in [1.29, 1.82) is 0 Å². The maximum Gasteiger partial charge on any atom is 0.0791 e. The predicted octanol–water partition coefficient (Wildman–Crippen LogP) is 0.970. The summed E-state index contributed by atoms with van der Waals surface area (Å²) in [6.45, 7) is 4.34. The minimum atomic E-state index is -0.919. The first-order valence-corrected chi connectivity index (χ1v) is 8.74. The number of rotatable bonds is 7. The standard InChI is InChI=1S/C15H24N2O2S/c1-20(19)15-6-4-13(5-7-15)10-16-11-14(18)12-17-8-2-3-9-17/h4-7,14,16,18H,2-3,8-12H2,1H3. The molecule has 1 heterocycles. The van der Waals surface area contributed by atoms with Crippen molar-refractivity contribution in [3.63, 3.8) is 0 Å². The molecule has 20 heavy (non-hydrogen) atoms. The molecule has 2 N–H and O–H groups in total. The number of likely N-dealkylation sites (tertiary alicyclic amines) is 1. The van der Waals surface area contributed by atoms with Gasteiger partial charge < -0.3 is 15.3 Å². The lowest BCUT2D eigenvalue weighted by Crippen LogP contribution is -2.36. The van der Waals surface area contributed by atoms with Crippen LogP contribution in [0.25, 0.3) is 0 Å². The summed E-state index contributed by atoms with van der Waals surface area (Å²) < 4.78 is 11.3. The zero-order valence-corrected chi connectivity index (χ0v) is 12.9. The lowest BCUT2D eigenvalue weighted by Gasteiger charge is -2.19. The number of benzene rings is 1. The minimum Gasteiger partial charge on any atom is -0.390 e. The van der Waals surface area contributed by atoms with Crippen molar-refractivity contribution in [2.24, 2.45) is 0 Å². The van der Waals surface area contributed by atoms with Gasteiger partial charge in [-0.1, -0.05) is 12.1 Å². The van der Waals surface area contributed by atoms with Crippen molar-refractivity contribution in [2.45, 2.75) is 30.4 Å². The number of hydrogen-bond donors (Lipinski definition) is 2. The zero-order chi connectivity index (χ0) is 14.4. The number of nitrogens with zero attached hydrogens (tertiary/aromatic N) is 1. The molecule has 1 aliphatic rings. The van der Waals surface area contributed by atoms with E-state index >= 15 is 0 Å². The summed E-state index contributed by atoms with van der Waals surface area (Å²) in [6, 6.07) is 7.76. The molecule has 1 aliphatic heterocycles.